The van der Waals surface area contributed by atoms with E-state index in [1.165, 1.54) is 21.6 Å². The van der Waals surface area contributed by atoms with Crippen molar-refractivity contribution in [1.82, 2.24) is 40.9 Å². The van der Waals surface area contributed by atoms with Crippen LogP contribution in [0, 0.1) is 23.7 Å². The third-order valence-corrected chi connectivity index (χ3v) is 8.27. The van der Waals surface area contributed by atoms with Gasteiger partial charge in [-0.25, -0.2) is 0 Å². The van der Waals surface area contributed by atoms with Crippen molar-refractivity contribution >= 4 is 79.1 Å². The topological polar surface area (TPSA) is 206 Å². The fraction of sp³-hybridized carbons (Fsp3) is 0.724. The lowest BCUT2D eigenvalue weighted by Gasteiger charge is -2.38. The van der Waals surface area contributed by atoms with Crippen LogP contribution >= 0.6 is 0 Å². The minimum absolute atomic E-state index is 0.0671. The van der Waals surface area contributed by atoms with E-state index in [9.17, 15) is 38.4 Å². The first-order valence-corrected chi connectivity index (χ1v) is 16.4. The van der Waals surface area contributed by atoms with Gasteiger partial charge in [0.1, 0.15) is 5.78 Å². The molecule has 2 aliphatic rings. The van der Waals surface area contributed by atoms with Crippen molar-refractivity contribution in [3.8, 4) is 0 Å². The lowest BCUT2D eigenvalue weighted by Crippen LogP contribution is -2.56. The van der Waals surface area contributed by atoms with Gasteiger partial charge in [-0.15, -0.1) is 0 Å². The molecular formula is C29H46B4N8O8. The molecule has 0 aromatic carbocycles. The lowest BCUT2D eigenvalue weighted by atomic mass is 9.87. The number of rotatable bonds is 16. The number of carbonyl (C=O) groups is 8. The molecule has 0 aromatic rings. The summed E-state index contributed by atoms with van der Waals surface area (Å²) in [5, 5.41) is 10.9. The third kappa shape index (κ3) is 14.7. The zero-order chi connectivity index (χ0) is 37.1. The van der Waals surface area contributed by atoms with Crippen LogP contribution in [0.3, 0.4) is 0 Å². The fourth-order valence-corrected chi connectivity index (χ4v) is 5.75. The number of likely N-dealkylation sites (tertiary alicyclic amines) is 2. The predicted octanol–water partition coefficient (Wildman–Crippen LogP) is -3.69. The van der Waals surface area contributed by atoms with Gasteiger partial charge in [-0.05, 0) is 32.6 Å². The van der Waals surface area contributed by atoms with Gasteiger partial charge in [0.2, 0.25) is 73.3 Å². The number of ketones is 1. The summed E-state index contributed by atoms with van der Waals surface area (Å²) < 4.78 is 0. The van der Waals surface area contributed by atoms with Crippen molar-refractivity contribution in [2.75, 3.05) is 52.4 Å². The molecule has 49 heavy (non-hydrogen) atoms. The molecule has 262 valence electrons. The molecule has 7 amide bonds. The van der Waals surface area contributed by atoms with Gasteiger partial charge in [0.15, 0.2) is 0 Å². The molecule has 0 saturated carbocycles. The van der Waals surface area contributed by atoms with Gasteiger partial charge in [0.05, 0.1) is 43.3 Å². The monoisotopic (exact) mass is 678 g/mol. The summed E-state index contributed by atoms with van der Waals surface area (Å²) >= 11 is 0. The van der Waals surface area contributed by atoms with Gasteiger partial charge in [-0.3, -0.25) is 38.5 Å². The first-order chi connectivity index (χ1) is 23.3. The summed E-state index contributed by atoms with van der Waals surface area (Å²) in [7, 11) is 21.2. The van der Waals surface area contributed by atoms with E-state index in [-0.39, 0.29) is 51.3 Å². The molecule has 4 unspecified atom stereocenters. The highest BCUT2D eigenvalue weighted by molar-refractivity contribution is 6.16. The molecule has 2 fully saturated rings. The van der Waals surface area contributed by atoms with Crippen molar-refractivity contribution in [2.45, 2.75) is 59.3 Å². The zero-order valence-corrected chi connectivity index (χ0v) is 28.6. The third-order valence-electron chi connectivity index (χ3n) is 8.27. The highest BCUT2D eigenvalue weighted by Crippen LogP contribution is 2.24. The Morgan fingerprint density at radius 1 is 0.592 bits per heavy atom. The summed E-state index contributed by atoms with van der Waals surface area (Å²) in [6.07, 6.45) is 2.65. The average molecular weight is 678 g/mol. The molecule has 2 rings (SSSR count). The Kier molecular flexibility index (Phi) is 20.1. The van der Waals surface area contributed by atoms with Crippen LogP contribution in [0.5, 0.6) is 0 Å². The number of nitrogens with zero attached hydrogens (tertiary/aromatic N) is 3. The van der Waals surface area contributed by atoms with E-state index < -0.39 is 78.1 Å². The first-order valence-electron chi connectivity index (χ1n) is 16.4. The molecule has 2 aliphatic heterocycles. The maximum Gasteiger partial charge on any atom is 0.236 e. The normalized spacial score (nSPS) is 20.2. The predicted molar refractivity (Wildman–Crippen MR) is 182 cm³/mol. The number of unbranched alkanes of at least 4 members (excludes halogenated alkanes) is 2. The second-order valence-electron chi connectivity index (χ2n) is 11.9. The van der Waals surface area contributed by atoms with Crippen molar-refractivity contribution in [2.24, 2.45) is 23.7 Å². The lowest BCUT2D eigenvalue weighted by molar-refractivity contribution is -0.141. The maximum absolute atomic E-state index is 13.5. The smallest absolute Gasteiger partial charge is 0.236 e. The van der Waals surface area contributed by atoms with Crippen LogP contribution in [0.25, 0.3) is 0 Å². The second kappa shape index (κ2) is 22.7. The molecular weight excluding hydrogens is 632 g/mol. The van der Waals surface area contributed by atoms with Gasteiger partial charge in [-0.1, -0.05) is 20.3 Å². The second-order valence-corrected chi connectivity index (χ2v) is 11.9. The van der Waals surface area contributed by atoms with E-state index in [1.54, 1.807) is 0 Å². The van der Waals surface area contributed by atoms with Gasteiger partial charge in [0, 0.05) is 39.1 Å². The van der Waals surface area contributed by atoms with E-state index in [0.717, 1.165) is 0 Å². The first kappa shape index (κ1) is 43.2. The fourth-order valence-electron chi connectivity index (χ4n) is 5.75. The highest BCUT2D eigenvalue weighted by Gasteiger charge is 2.39. The van der Waals surface area contributed by atoms with Gasteiger partial charge in [0.25, 0.3) is 0 Å². The molecule has 16 nitrogen and oxygen atoms in total. The summed E-state index contributed by atoms with van der Waals surface area (Å²) in [5.41, 5.74) is 0. The quantitative estimate of drug-likeness (QED) is 0.0804. The van der Waals surface area contributed by atoms with E-state index in [0.29, 0.717) is 32.2 Å². The molecule has 4 atom stereocenters. The Bertz CT molecular complexity index is 1070. The summed E-state index contributed by atoms with van der Waals surface area (Å²) in [6, 6.07) is 0. The summed E-state index contributed by atoms with van der Waals surface area (Å²) in [6.45, 7) is 4.29. The zero-order valence-electron chi connectivity index (χ0n) is 28.6. The van der Waals surface area contributed by atoms with Crippen molar-refractivity contribution in [1.29, 1.82) is 0 Å². The Morgan fingerprint density at radius 2 is 0.959 bits per heavy atom. The Morgan fingerprint density at radius 3 is 1.29 bits per heavy atom. The minimum Gasteiger partial charge on any atom is -0.409 e. The van der Waals surface area contributed by atoms with Crippen molar-refractivity contribution in [3.05, 3.63) is 0 Å². The van der Waals surface area contributed by atoms with E-state index in [4.69, 9.17) is 31.9 Å². The highest BCUT2D eigenvalue weighted by atomic mass is 16.2. The number of piperidine rings is 2. The molecule has 20 heteroatoms. The van der Waals surface area contributed by atoms with Gasteiger partial charge >= 0.3 is 0 Å². The number of hydrogen-bond acceptors (Lipinski definition) is 9. The van der Waals surface area contributed by atoms with Gasteiger partial charge in [-0.2, -0.15) is 0 Å². The average Bonchev–Trinajstić information content (AvgIpc) is 3.11. The molecule has 0 bridgehead atoms. The SMILES string of the molecule is CC.[B]NC(=O)C1CC(C(=O)N[B])CN(C(=O)CN(CC(=O)NCCCCCC(C)=O)CC(=O)N2CC(C(=O)N[B])CC(C(=O)N[B])C2)C1. The molecule has 2 heterocycles. The molecule has 0 spiro atoms. The number of Topliss-reactive ketones (excluding diaryl/α,β-unsaturated/α-hetero) is 1. The van der Waals surface area contributed by atoms with Crippen LogP contribution in [0.15, 0.2) is 0 Å². The molecule has 0 aliphatic carbocycles. The van der Waals surface area contributed by atoms with Crippen molar-refractivity contribution < 1.29 is 38.4 Å². The molecule has 5 N–H and O–H groups in total. The number of carbonyl (C=O) groups excluding carboxylic acids is 8. The Hall–Kier alpha value is -3.82. The van der Waals surface area contributed by atoms with E-state index in [1.807, 2.05) is 34.8 Å². The van der Waals surface area contributed by atoms with Crippen LogP contribution in [-0.4, -0.2) is 146 Å². The van der Waals surface area contributed by atoms with Crippen LogP contribution in [0.4, 0.5) is 0 Å². The number of hydrogen-bond donors (Lipinski definition) is 5. The maximum atomic E-state index is 13.5. The van der Waals surface area contributed by atoms with Crippen LogP contribution < -0.4 is 26.2 Å². The Labute approximate surface area is 293 Å². The summed E-state index contributed by atoms with van der Waals surface area (Å²) in [5.74, 6) is -7.11. The molecule has 8 radical (unpaired) electrons. The minimum atomic E-state index is -0.814. The van der Waals surface area contributed by atoms with Crippen molar-refractivity contribution in [3.63, 3.8) is 0 Å². The number of amides is 7. The molecule has 0 aromatic heterocycles. The molecule has 2 saturated heterocycles. The Balaban J connectivity index is 0.00000589. The standard InChI is InChI=1S/C27H40B4N8O8.C2H6/c1-16(40)5-3-2-4-6-32-21(41)13-37(14-22(42)38-9-17(24(44)33-28)7-18(10-38)25(45)34-29)15-23(43)39-11-19(26(46)35-30)8-20(12-39)27(47)36-31;1-2/h17-20H,2-15H2,1H3,(H,32,41)(H,33,44)(H,34,45)(H,35,46)(H,36,47);1-2H3. The largest absolute Gasteiger partial charge is 0.409 e. The van der Waals surface area contributed by atoms with E-state index in [2.05, 4.69) is 5.32 Å². The van der Waals surface area contributed by atoms with Crippen LogP contribution in [0.1, 0.15) is 59.3 Å². The van der Waals surface area contributed by atoms with Crippen LogP contribution in [-0.2, 0) is 38.4 Å². The van der Waals surface area contributed by atoms with Gasteiger partial charge < -0.3 is 40.8 Å². The number of nitrogens with one attached hydrogen (secondary N) is 5. The van der Waals surface area contributed by atoms with E-state index >= 15 is 0 Å². The summed E-state index contributed by atoms with van der Waals surface area (Å²) in [4.78, 5) is 104. The van der Waals surface area contributed by atoms with Crippen LogP contribution in [0.2, 0.25) is 0 Å².